The smallest absolute Gasteiger partial charge is 0.241 e. The molecule has 0 aliphatic heterocycles. The molecule has 1 aromatic heterocycles. The first kappa shape index (κ1) is 15.4. The van der Waals surface area contributed by atoms with E-state index in [0.29, 0.717) is 0 Å². The standard InChI is InChI=1S/C11H18N2OS.ClH/c1-11(2,10(14)13(3)4)12-8-9-6-5-7-15-9;/h5-7,12H,8H2,1-4H3;1H. The molecule has 0 aliphatic carbocycles. The molecule has 92 valence electrons. The number of halogens is 1. The lowest BCUT2D eigenvalue weighted by atomic mass is 10.0. The second kappa shape index (κ2) is 6.23. The summed E-state index contributed by atoms with van der Waals surface area (Å²) in [6, 6.07) is 4.08. The molecule has 0 atom stereocenters. The van der Waals surface area contributed by atoms with Gasteiger partial charge in [-0.25, -0.2) is 0 Å². The van der Waals surface area contributed by atoms with Crippen molar-refractivity contribution in [1.29, 1.82) is 0 Å². The van der Waals surface area contributed by atoms with Crippen LogP contribution in [0.5, 0.6) is 0 Å². The highest BCUT2D eigenvalue weighted by molar-refractivity contribution is 7.09. The highest BCUT2D eigenvalue weighted by atomic mass is 35.5. The minimum atomic E-state index is -0.506. The molecule has 5 heteroatoms. The van der Waals surface area contributed by atoms with Gasteiger partial charge in [0.05, 0.1) is 5.54 Å². The van der Waals surface area contributed by atoms with Crippen LogP contribution in [0.1, 0.15) is 18.7 Å². The van der Waals surface area contributed by atoms with E-state index in [4.69, 9.17) is 0 Å². The van der Waals surface area contributed by atoms with Crippen molar-refractivity contribution in [2.45, 2.75) is 25.9 Å². The normalized spacial score (nSPS) is 10.8. The van der Waals surface area contributed by atoms with E-state index < -0.39 is 5.54 Å². The lowest BCUT2D eigenvalue weighted by Gasteiger charge is -2.28. The zero-order valence-corrected chi connectivity index (χ0v) is 11.7. The quantitative estimate of drug-likeness (QED) is 0.902. The molecule has 0 radical (unpaired) electrons. The van der Waals surface area contributed by atoms with Gasteiger partial charge >= 0.3 is 0 Å². The summed E-state index contributed by atoms with van der Waals surface area (Å²) in [6.45, 7) is 4.55. The Morgan fingerprint density at radius 3 is 2.56 bits per heavy atom. The van der Waals surface area contributed by atoms with E-state index in [-0.39, 0.29) is 18.3 Å². The molecule has 0 saturated heterocycles. The Morgan fingerprint density at radius 1 is 1.50 bits per heavy atom. The fourth-order valence-electron chi connectivity index (χ4n) is 1.36. The maximum Gasteiger partial charge on any atom is 0.241 e. The van der Waals surface area contributed by atoms with Gasteiger partial charge < -0.3 is 4.90 Å². The first-order valence-corrected chi connectivity index (χ1v) is 5.80. The lowest BCUT2D eigenvalue weighted by Crippen LogP contribution is -2.51. The van der Waals surface area contributed by atoms with E-state index in [9.17, 15) is 4.79 Å². The minimum Gasteiger partial charge on any atom is -0.347 e. The highest BCUT2D eigenvalue weighted by Crippen LogP contribution is 2.11. The second-order valence-corrected chi connectivity index (χ2v) is 5.29. The predicted octanol–water partition coefficient (Wildman–Crippen LogP) is 2.13. The van der Waals surface area contributed by atoms with Crippen LogP contribution < -0.4 is 5.32 Å². The zero-order valence-electron chi connectivity index (χ0n) is 10.1. The third-order valence-electron chi connectivity index (χ3n) is 2.23. The van der Waals surface area contributed by atoms with Gasteiger partial charge in [-0.05, 0) is 25.3 Å². The van der Waals surface area contributed by atoms with Crippen molar-refractivity contribution in [3.63, 3.8) is 0 Å². The number of rotatable bonds is 4. The number of nitrogens with zero attached hydrogens (tertiary/aromatic N) is 1. The Balaban J connectivity index is 0.00000225. The maximum absolute atomic E-state index is 11.8. The second-order valence-electron chi connectivity index (χ2n) is 4.26. The first-order chi connectivity index (χ1) is 6.93. The fraction of sp³-hybridized carbons (Fsp3) is 0.545. The Bertz CT molecular complexity index is 323. The Morgan fingerprint density at radius 2 is 2.12 bits per heavy atom. The van der Waals surface area contributed by atoms with E-state index >= 15 is 0 Å². The monoisotopic (exact) mass is 262 g/mol. The highest BCUT2D eigenvalue weighted by Gasteiger charge is 2.28. The number of hydrogen-bond donors (Lipinski definition) is 1. The van der Waals surface area contributed by atoms with E-state index in [1.807, 2.05) is 25.3 Å². The molecular weight excluding hydrogens is 244 g/mol. The molecular formula is C11H19ClN2OS. The number of carbonyl (C=O) groups excluding carboxylic acids is 1. The SMILES string of the molecule is CN(C)C(=O)C(C)(C)NCc1cccs1.Cl. The van der Waals surface area contributed by atoms with Crippen LogP contribution in [0, 0.1) is 0 Å². The number of carbonyl (C=O) groups is 1. The third-order valence-corrected chi connectivity index (χ3v) is 3.10. The zero-order chi connectivity index (χ0) is 11.5. The molecule has 0 saturated carbocycles. The van der Waals surface area contributed by atoms with Gasteiger partial charge in [0, 0.05) is 25.5 Å². The number of thiophene rings is 1. The van der Waals surface area contributed by atoms with Gasteiger partial charge in [-0.3, -0.25) is 10.1 Å². The predicted molar refractivity (Wildman–Crippen MR) is 71.2 cm³/mol. The molecule has 1 rings (SSSR count). The summed E-state index contributed by atoms with van der Waals surface area (Å²) in [5.41, 5.74) is -0.506. The summed E-state index contributed by atoms with van der Waals surface area (Å²) in [4.78, 5) is 14.6. The van der Waals surface area contributed by atoms with Crippen molar-refractivity contribution in [3.05, 3.63) is 22.4 Å². The molecule has 3 nitrogen and oxygen atoms in total. The van der Waals surface area contributed by atoms with Crippen LogP contribution in [0.15, 0.2) is 17.5 Å². The molecule has 1 amide bonds. The Labute approximate surface area is 107 Å². The average molecular weight is 263 g/mol. The topological polar surface area (TPSA) is 32.3 Å². The van der Waals surface area contributed by atoms with Crippen molar-refractivity contribution in [1.82, 2.24) is 10.2 Å². The van der Waals surface area contributed by atoms with Gasteiger partial charge in [0.2, 0.25) is 5.91 Å². The summed E-state index contributed by atoms with van der Waals surface area (Å²) in [5.74, 6) is 0.0963. The van der Waals surface area contributed by atoms with E-state index in [1.54, 1.807) is 30.3 Å². The summed E-state index contributed by atoms with van der Waals surface area (Å²) >= 11 is 1.70. The Hall–Kier alpha value is -0.580. The third kappa shape index (κ3) is 4.12. The summed E-state index contributed by atoms with van der Waals surface area (Å²) in [7, 11) is 3.55. The minimum absolute atomic E-state index is 0. The summed E-state index contributed by atoms with van der Waals surface area (Å²) < 4.78 is 0. The number of amides is 1. The van der Waals surface area contributed by atoms with Crippen LogP contribution in [0.25, 0.3) is 0 Å². The van der Waals surface area contributed by atoms with Crippen molar-refractivity contribution in [3.8, 4) is 0 Å². The van der Waals surface area contributed by atoms with E-state index in [1.165, 1.54) is 4.88 Å². The van der Waals surface area contributed by atoms with Gasteiger partial charge in [0.25, 0.3) is 0 Å². The van der Waals surface area contributed by atoms with Crippen LogP contribution >= 0.6 is 23.7 Å². The van der Waals surface area contributed by atoms with Crippen molar-refractivity contribution >= 4 is 29.7 Å². The molecule has 1 N–H and O–H groups in total. The maximum atomic E-state index is 11.8. The first-order valence-electron chi connectivity index (χ1n) is 4.92. The number of nitrogens with one attached hydrogen (secondary N) is 1. The van der Waals surface area contributed by atoms with Crippen LogP contribution in [0.2, 0.25) is 0 Å². The molecule has 0 unspecified atom stereocenters. The fourth-order valence-corrected chi connectivity index (χ4v) is 2.00. The van der Waals surface area contributed by atoms with Crippen LogP contribution in [0.3, 0.4) is 0 Å². The Kier molecular flexibility index (Phi) is 6.00. The molecule has 0 aromatic carbocycles. The molecule has 0 fully saturated rings. The molecule has 1 heterocycles. The molecule has 0 bridgehead atoms. The van der Waals surface area contributed by atoms with Gasteiger partial charge in [-0.15, -0.1) is 23.7 Å². The molecule has 1 aromatic rings. The number of hydrogen-bond acceptors (Lipinski definition) is 3. The van der Waals surface area contributed by atoms with Crippen molar-refractivity contribution in [2.75, 3.05) is 14.1 Å². The van der Waals surface area contributed by atoms with E-state index in [0.717, 1.165) is 6.54 Å². The molecule has 16 heavy (non-hydrogen) atoms. The van der Waals surface area contributed by atoms with Gasteiger partial charge in [0.1, 0.15) is 0 Å². The lowest BCUT2D eigenvalue weighted by molar-refractivity contribution is -0.134. The van der Waals surface area contributed by atoms with Gasteiger partial charge in [-0.1, -0.05) is 6.07 Å². The molecule has 0 spiro atoms. The largest absolute Gasteiger partial charge is 0.347 e. The average Bonchev–Trinajstić information content (AvgIpc) is 2.66. The van der Waals surface area contributed by atoms with Gasteiger partial charge in [0.15, 0.2) is 0 Å². The van der Waals surface area contributed by atoms with E-state index in [2.05, 4.69) is 11.4 Å². The number of likely N-dealkylation sites (N-methyl/N-ethyl adjacent to an activating group) is 1. The molecule has 0 aliphatic rings. The summed E-state index contributed by atoms with van der Waals surface area (Å²) in [5, 5.41) is 5.30. The van der Waals surface area contributed by atoms with Crippen molar-refractivity contribution < 1.29 is 4.79 Å². The summed E-state index contributed by atoms with van der Waals surface area (Å²) in [6.07, 6.45) is 0. The van der Waals surface area contributed by atoms with Gasteiger partial charge in [-0.2, -0.15) is 0 Å². The van der Waals surface area contributed by atoms with Crippen LogP contribution in [-0.2, 0) is 11.3 Å². The van der Waals surface area contributed by atoms with Crippen LogP contribution in [-0.4, -0.2) is 30.4 Å². The van der Waals surface area contributed by atoms with Crippen LogP contribution in [0.4, 0.5) is 0 Å². The van der Waals surface area contributed by atoms with Crippen molar-refractivity contribution in [2.24, 2.45) is 0 Å².